The van der Waals surface area contributed by atoms with Crippen molar-refractivity contribution < 1.29 is 14.3 Å². The fourth-order valence-corrected chi connectivity index (χ4v) is 1.07. The second-order valence-corrected chi connectivity index (χ2v) is 2.88. The number of hydrazone groups is 1. The summed E-state index contributed by atoms with van der Waals surface area (Å²) in [6.07, 6.45) is 1.44. The van der Waals surface area contributed by atoms with E-state index in [1.54, 1.807) is 32.4 Å². The molecule has 1 aromatic rings. The highest BCUT2D eigenvalue weighted by Crippen LogP contribution is 2.21. The van der Waals surface area contributed by atoms with E-state index < -0.39 is 6.03 Å². The van der Waals surface area contributed by atoms with Crippen molar-refractivity contribution in [3.05, 3.63) is 23.8 Å². The first-order valence-corrected chi connectivity index (χ1v) is 4.47. The van der Waals surface area contributed by atoms with Crippen LogP contribution < -0.4 is 20.6 Å². The third-order valence-corrected chi connectivity index (χ3v) is 1.76. The van der Waals surface area contributed by atoms with Crippen molar-refractivity contribution in [2.45, 2.75) is 0 Å². The van der Waals surface area contributed by atoms with Crippen LogP contribution >= 0.6 is 0 Å². The number of carbonyl (C=O) groups excluding carboxylic acids is 1. The number of urea groups is 1. The zero-order valence-electron chi connectivity index (χ0n) is 9.06. The highest BCUT2D eigenvalue weighted by molar-refractivity contribution is 5.82. The van der Waals surface area contributed by atoms with Crippen LogP contribution in [0, 0.1) is 0 Å². The number of primary amides is 1. The molecule has 0 saturated carbocycles. The van der Waals surface area contributed by atoms with Crippen LogP contribution in [0.2, 0.25) is 0 Å². The van der Waals surface area contributed by atoms with Gasteiger partial charge in [-0.3, -0.25) is 0 Å². The SMILES string of the molecule is COc1cc(/C=N\NC(N)=O)cc(OC)c1. The third-order valence-electron chi connectivity index (χ3n) is 1.76. The van der Waals surface area contributed by atoms with Gasteiger partial charge in [-0.05, 0) is 12.1 Å². The van der Waals surface area contributed by atoms with Crippen molar-refractivity contribution >= 4 is 12.2 Å². The number of methoxy groups -OCH3 is 2. The van der Waals surface area contributed by atoms with E-state index in [-0.39, 0.29) is 0 Å². The second-order valence-electron chi connectivity index (χ2n) is 2.88. The smallest absolute Gasteiger partial charge is 0.332 e. The number of benzene rings is 1. The first-order chi connectivity index (χ1) is 7.65. The van der Waals surface area contributed by atoms with E-state index in [4.69, 9.17) is 15.2 Å². The van der Waals surface area contributed by atoms with Crippen molar-refractivity contribution in [2.75, 3.05) is 14.2 Å². The van der Waals surface area contributed by atoms with Gasteiger partial charge in [-0.25, -0.2) is 10.2 Å². The van der Waals surface area contributed by atoms with E-state index in [1.807, 2.05) is 0 Å². The minimum atomic E-state index is -0.717. The van der Waals surface area contributed by atoms with Crippen LogP contribution in [0.15, 0.2) is 23.3 Å². The number of hydrogen-bond donors (Lipinski definition) is 2. The van der Waals surface area contributed by atoms with Crippen LogP contribution in [-0.2, 0) is 0 Å². The maximum Gasteiger partial charge on any atom is 0.332 e. The number of amides is 2. The van der Waals surface area contributed by atoms with Crippen molar-refractivity contribution in [1.29, 1.82) is 0 Å². The topological polar surface area (TPSA) is 85.9 Å². The largest absolute Gasteiger partial charge is 0.497 e. The molecule has 6 nitrogen and oxygen atoms in total. The Balaban J connectivity index is 2.86. The molecule has 0 spiro atoms. The van der Waals surface area contributed by atoms with E-state index in [1.165, 1.54) is 6.21 Å². The lowest BCUT2D eigenvalue weighted by Crippen LogP contribution is -2.24. The predicted molar refractivity (Wildman–Crippen MR) is 59.9 cm³/mol. The molecule has 3 N–H and O–H groups in total. The number of rotatable bonds is 4. The average molecular weight is 223 g/mol. The summed E-state index contributed by atoms with van der Waals surface area (Å²) in [6.45, 7) is 0. The monoisotopic (exact) mass is 223 g/mol. The number of carbonyl (C=O) groups is 1. The Kier molecular flexibility index (Phi) is 4.14. The van der Waals surface area contributed by atoms with E-state index >= 15 is 0 Å². The van der Waals surface area contributed by atoms with Gasteiger partial charge in [-0.1, -0.05) is 0 Å². The molecule has 6 heteroatoms. The molecule has 0 aliphatic rings. The fourth-order valence-electron chi connectivity index (χ4n) is 1.07. The lowest BCUT2D eigenvalue weighted by molar-refractivity contribution is 0.249. The van der Waals surface area contributed by atoms with Gasteiger partial charge < -0.3 is 15.2 Å². The van der Waals surface area contributed by atoms with Crippen LogP contribution in [0.5, 0.6) is 11.5 Å². The van der Waals surface area contributed by atoms with E-state index in [9.17, 15) is 4.79 Å². The third kappa shape index (κ3) is 3.49. The molecule has 0 aliphatic heterocycles. The molecule has 2 amide bonds. The lowest BCUT2D eigenvalue weighted by atomic mass is 10.2. The Morgan fingerprint density at radius 3 is 2.31 bits per heavy atom. The summed E-state index contributed by atoms with van der Waals surface area (Å²) < 4.78 is 10.1. The molecule has 0 unspecified atom stereocenters. The molecule has 16 heavy (non-hydrogen) atoms. The Labute approximate surface area is 93.0 Å². The highest BCUT2D eigenvalue weighted by atomic mass is 16.5. The van der Waals surface area contributed by atoms with E-state index in [0.29, 0.717) is 11.5 Å². The number of ether oxygens (including phenoxy) is 2. The van der Waals surface area contributed by atoms with Crippen molar-refractivity contribution in [2.24, 2.45) is 10.8 Å². The Bertz CT molecular complexity index is 382. The fraction of sp³-hybridized carbons (Fsp3) is 0.200. The molecule has 86 valence electrons. The Morgan fingerprint density at radius 1 is 1.31 bits per heavy atom. The molecule has 0 saturated heterocycles. The molecule has 0 aromatic heterocycles. The van der Waals surface area contributed by atoms with Gasteiger partial charge in [0, 0.05) is 11.6 Å². The van der Waals surface area contributed by atoms with E-state index in [2.05, 4.69) is 10.5 Å². The Hall–Kier alpha value is -2.24. The second kappa shape index (κ2) is 5.59. The van der Waals surface area contributed by atoms with Crippen LogP contribution in [0.4, 0.5) is 4.79 Å². The lowest BCUT2D eigenvalue weighted by Gasteiger charge is -2.05. The molecule has 1 aromatic carbocycles. The van der Waals surface area contributed by atoms with Gasteiger partial charge >= 0.3 is 6.03 Å². The highest BCUT2D eigenvalue weighted by Gasteiger charge is 1.99. The summed E-state index contributed by atoms with van der Waals surface area (Å²) in [7, 11) is 3.11. The molecule has 0 aliphatic carbocycles. The summed E-state index contributed by atoms with van der Waals surface area (Å²) in [5.41, 5.74) is 7.68. The molecule has 0 atom stereocenters. The van der Waals surface area contributed by atoms with Crippen LogP contribution in [0.25, 0.3) is 0 Å². The zero-order chi connectivity index (χ0) is 12.0. The molecule has 0 radical (unpaired) electrons. The summed E-state index contributed by atoms with van der Waals surface area (Å²) >= 11 is 0. The number of nitrogens with two attached hydrogens (primary N) is 1. The maximum absolute atomic E-state index is 10.4. The first-order valence-electron chi connectivity index (χ1n) is 4.47. The quantitative estimate of drug-likeness (QED) is 0.582. The standard InChI is InChI=1S/C10H13N3O3/c1-15-8-3-7(4-9(5-8)16-2)6-12-13-10(11)14/h3-6H,1-2H3,(H3,11,13,14)/b12-6-. The molecule has 0 fully saturated rings. The molecule has 0 bridgehead atoms. The molecule has 0 heterocycles. The van der Waals surface area contributed by atoms with Gasteiger partial charge in [0.2, 0.25) is 0 Å². The van der Waals surface area contributed by atoms with Gasteiger partial charge in [0.05, 0.1) is 20.4 Å². The first kappa shape index (κ1) is 11.8. The van der Waals surface area contributed by atoms with Crippen LogP contribution in [0.3, 0.4) is 0 Å². The van der Waals surface area contributed by atoms with Gasteiger partial charge in [0.1, 0.15) is 11.5 Å². The Morgan fingerprint density at radius 2 is 1.88 bits per heavy atom. The molecular weight excluding hydrogens is 210 g/mol. The van der Waals surface area contributed by atoms with Crippen molar-refractivity contribution in [3.8, 4) is 11.5 Å². The van der Waals surface area contributed by atoms with Crippen LogP contribution in [0.1, 0.15) is 5.56 Å². The van der Waals surface area contributed by atoms with Crippen molar-refractivity contribution in [1.82, 2.24) is 5.43 Å². The van der Waals surface area contributed by atoms with Crippen molar-refractivity contribution in [3.63, 3.8) is 0 Å². The number of nitrogens with one attached hydrogen (secondary N) is 1. The minimum absolute atomic E-state index is 0.639. The predicted octanol–water partition coefficient (Wildman–Crippen LogP) is 0.706. The minimum Gasteiger partial charge on any atom is -0.497 e. The summed E-state index contributed by atoms with van der Waals surface area (Å²) in [5, 5.41) is 3.63. The van der Waals surface area contributed by atoms with Gasteiger partial charge in [-0.15, -0.1) is 0 Å². The number of hydrogen-bond acceptors (Lipinski definition) is 4. The summed E-state index contributed by atoms with van der Waals surface area (Å²) in [6, 6.07) is 4.51. The number of nitrogens with zero attached hydrogens (tertiary/aromatic N) is 1. The normalized spacial score (nSPS) is 10.1. The average Bonchev–Trinajstić information content (AvgIpc) is 2.28. The van der Waals surface area contributed by atoms with Gasteiger partial charge in [0.15, 0.2) is 0 Å². The van der Waals surface area contributed by atoms with Gasteiger partial charge in [0.25, 0.3) is 0 Å². The summed E-state index contributed by atoms with van der Waals surface area (Å²) in [5.74, 6) is 1.28. The molecular formula is C10H13N3O3. The van der Waals surface area contributed by atoms with Gasteiger partial charge in [-0.2, -0.15) is 5.10 Å². The summed E-state index contributed by atoms with van der Waals surface area (Å²) in [4.78, 5) is 10.4. The molecule has 1 rings (SSSR count). The van der Waals surface area contributed by atoms with E-state index in [0.717, 1.165) is 5.56 Å². The van der Waals surface area contributed by atoms with Crippen LogP contribution in [-0.4, -0.2) is 26.5 Å². The maximum atomic E-state index is 10.4. The zero-order valence-corrected chi connectivity index (χ0v) is 9.06.